The van der Waals surface area contributed by atoms with Crippen molar-refractivity contribution in [3.63, 3.8) is 0 Å². The van der Waals surface area contributed by atoms with E-state index in [2.05, 4.69) is 43.4 Å². The van der Waals surface area contributed by atoms with Gasteiger partial charge in [-0.15, -0.1) is 0 Å². The molecule has 0 fully saturated rings. The molecule has 0 aromatic heterocycles. The van der Waals surface area contributed by atoms with Gasteiger partial charge in [-0.1, -0.05) is 43.2 Å². The van der Waals surface area contributed by atoms with Crippen LogP contribution in [0.4, 0.5) is 0 Å². The number of hydrogen-bond acceptors (Lipinski definition) is 2. The van der Waals surface area contributed by atoms with Crippen LogP contribution in [0.15, 0.2) is 24.3 Å². The van der Waals surface area contributed by atoms with Gasteiger partial charge in [-0.05, 0) is 32.3 Å². The highest BCUT2D eigenvalue weighted by Crippen LogP contribution is 2.06. The van der Waals surface area contributed by atoms with Gasteiger partial charge in [0.1, 0.15) is 0 Å². The van der Waals surface area contributed by atoms with E-state index in [9.17, 15) is 4.79 Å². The SMILES string of the molecule is CCCC(CNC(=O)CCc1ccc(C)cc1)OCC. The first-order valence-corrected chi connectivity index (χ1v) is 7.59. The van der Waals surface area contributed by atoms with Crippen LogP contribution in [0.3, 0.4) is 0 Å². The van der Waals surface area contributed by atoms with Crippen LogP contribution in [-0.4, -0.2) is 25.2 Å². The third-order valence-electron chi connectivity index (χ3n) is 3.30. The Balaban J connectivity index is 2.27. The minimum absolute atomic E-state index is 0.103. The standard InChI is InChI=1S/C17H27NO2/c1-4-6-16(20-5-2)13-18-17(19)12-11-15-9-7-14(3)8-10-15/h7-10,16H,4-6,11-13H2,1-3H3,(H,18,19). The number of hydrogen-bond donors (Lipinski definition) is 1. The predicted octanol–water partition coefficient (Wildman–Crippen LogP) is 3.25. The Bertz CT molecular complexity index is 380. The fourth-order valence-electron chi connectivity index (χ4n) is 2.13. The first kappa shape index (κ1) is 16.7. The molecule has 1 rings (SSSR count). The molecule has 1 aromatic rings. The second-order valence-corrected chi connectivity index (χ2v) is 5.16. The number of carbonyl (C=O) groups excluding carboxylic acids is 1. The largest absolute Gasteiger partial charge is 0.377 e. The van der Waals surface area contributed by atoms with Gasteiger partial charge in [0.05, 0.1) is 6.10 Å². The summed E-state index contributed by atoms with van der Waals surface area (Å²) in [5.41, 5.74) is 2.46. The van der Waals surface area contributed by atoms with Crippen LogP contribution in [0.25, 0.3) is 0 Å². The summed E-state index contributed by atoms with van der Waals surface area (Å²) in [7, 11) is 0. The highest BCUT2D eigenvalue weighted by Gasteiger charge is 2.09. The van der Waals surface area contributed by atoms with Crippen molar-refractivity contribution in [3.05, 3.63) is 35.4 Å². The molecule has 0 aliphatic carbocycles. The molecule has 0 aliphatic rings. The van der Waals surface area contributed by atoms with Gasteiger partial charge >= 0.3 is 0 Å². The summed E-state index contributed by atoms with van der Waals surface area (Å²) in [6.45, 7) is 7.50. The molecule has 0 saturated carbocycles. The number of nitrogens with one attached hydrogen (secondary N) is 1. The summed E-state index contributed by atoms with van der Waals surface area (Å²) in [5.74, 6) is 0.103. The van der Waals surface area contributed by atoms with Crippen LogP contribution in [0.2, 0.25) is 0 Å². The minimum Gasteiger partial charge on any atom is -0.377 e. The first-order chi connectivity index (χ1) is 9.65. The van der Waals surface area contributed by atoms with Crippen LogP contribution < -0.4 is 5.32 Å². The molecule has 0 heterocycles. The molecule has 1 N–H and O–H groups in total. The Morgan fingerprint density at radius 3 is 2.55 bits per heavy atom. The third kappa shape index (κ3) is 6.71. The van der Waals surface area contributed by atoms with Gasteiger partial charge in [-0.2, -0.15) is 0 Å². The van der Waals surface area contributed by atoms with E-state index in [4.69, 9.17) is 4.74 Å². The molecule has 0 aliphatic heterocycles. The van der Waals surface area contributed by atoms with E-state index < -0.39 is 0 Å². The van der Waals surface area contributed by atoms with Crippen LogP contribution in [-0.2, 0) is 16.0 Å². The Hall–Kier alpha value is -1.35. The molecule has 0 radical (unpaired) electrons. The minimum atomic E-state index is 0.103. The fourth-order valence-corrected chi connectivity index (χ4v) is 2.13. The molecule has 1 atom stereocenters. The molecule has 0 saturated heterocycles. The van der Waals surface area contributed by atoms with Crippen LogP contribution in [0, 0.1) is 6.92 Å². The molecule has 1 unspecified atom stereocenters. The highest BCUT2D eigenvalue weighted by atomic mass is 16.5. The number of amides is 1. The van der Waals surface area contributed by atoms with Crippen molar-refractivity contribution in [3.8, 4) is 0 Å². The quantitative estimate of drug-likeness (QED) is 0.752. The topological polar surface area (TPSA) is 38.3 Å². The Labute approximate surface area is 122 Å². The van der Waals surface area contributed by atoms with Gasteiger partial charge in [-0.25, -0.2) is 0 Å². The lowest BCUT2D eigenvalue weighted by Gasteiger charge is -2.16. The Morgan fingerprint density at radius 2 is 1.95 bits per heavy atom. The van der Waals surface area contributed by atoms with Gasteiger partial charge in [0, 0.05) is 19.6 Å². The molecule has 0 spiro atoms. The molecule has 1 aromatic carbocycles. The maximum absolute atomic E-state index is 11.8. The third-order valence-corrected chi connectivity index (χ3v) is 3.30. The summed E-state index contributed by atoms with van der Waals surface area (Å²) >= 11 is 0. The lowest BCUT2D eigenvalue weighted by Crippen LogP contribution is -2.33. The highest BCUT2D eigenvalue weighted by molar-refractivity contribution is 5.76. The van der Waals surface area contributed by atoms with Gasteiger partial charge < -0.3 is 10.1 Å². The monoisotopic (exact) mass is 277 g/mol. The van der Waals surface area contributed by atoms with Gasteiger partial charge in [0.25, 0.3) is 0 Å². The van der Waals surface area contributed by atoms with Crippen LogP contribution in [0.1, 0.15) is 44.2 Å². The Kier molecular flexibility index (Phi) is 7.97. The molecular formula is C17H27NO2. The van der Waals surface area contributed by atoms with Crippen molar-refractivity contribution in [1.82, 2.24) is 5.32 Å². The lowest BCUT2D eigenvalue weighted by molar-refractivity contribution is -0.121. The van der Waals surface area contributed by atoms with Gasteiger partial charge in [-0.3, -0.25) is 4.79 Å². The molecule has 3 nitrogen and oxygen atoms in total. The van der Waals surface area contributed by atoms with Gasteiger partial charge in [0.2, 0.25) is 5.91 Å². The molecule has 3 heteroatoms. The van der Waals surface area contributed by atoms with E-state index in [1.807, 2.05) is 6.92 Å². The van der Waals surface area contributed by atoms with Crippen molar-refractivity contribution < 1.29 is 9.53 Å². The number of carbonyl (C=O) groups is 1. The molecule has 1 amide bonds. The molecule has 112 valence electrons. The fraction of sp³-hybridized carbons (Fsp3) is 0.588. The Morgan fingerprint density at radius 1 is 1.25 bits per heavy atom. The second kappa shape index (κ2) is 9.54. The summed E-state index contributed by atoms with van der Waals surface area (Å²) < 4.78 is 5.59. The smallest absolute Gasteiger partial charge is 0.220 e. The second-order valence-electron chi connectivity index (χ2n) is 5.16. The zero-order valence-electron chi connectivity index (χ0n) is 12.9. The zero-order valence-corrected chi connectivity index (χ0v) is 12.9. The number of aryl methyl sites for hydroxylation is 2. The summed E-state index contributed by atoms with van der Waals surface area (Å²) in [6.07, 6.45) is 3.54. The van der Waals surface area contributed by atoms with E-state index in [0.717, 1.165) is 19.3 Å². The first-order valence-electron chi connectivity index (χ1n) is 7.59. The average molecular weight is 277 g/mol. The van der Waals surface area contributed by atoms with E-state index in [0.29, 0.717) is 19.6 Å². The number of rotatable bonds is 9. The van der Waals surface area contributed by atoms with Gasteiger partial charge in [0.15, 0.2) is 0 Å². The van der Waals surface area contributed by atoms with Crippen LogP contribution >= 0.6 is 0 Å². The van der Waals surface area contributed by atoms with Crippen molar-refractivity contribution in [1.29, 1.82) is 0 Å². The van der Waals surface area contributed by atoms with E-state index in [1.54, 1.807) is 0 Å². The average Bonchev–Trinajstić information content (AvgIpc) is 2.44. The van der Waals surface area contributed by atoms with Crippen molar-refractivity contribution in [2.24, 2.45) is 0 Å². The van der Waals surface area contributed by atoms with Crippen molar-refractivity contribution in [2.45, 2.75) is 52.6 Å². The molecular weight excluding hydrogens is 250 g/mol. The van der Waals surface area contributed by atoms with Crippen LogP contribution in [0.5, 0.6) is 0 Å². The molecule has 20 heavy (non-hydrogen) atoms. The van der Waals surface area contributed by atoms with Crippen molar-refractivity contribution in [2.75, 3.05) is 13.2 Å². The molecule has 0 bridgehead atoms. The maximum atomic E-state index is 11.8. The van der Waals surface area contributed by atoms with E-state index in [1.165, 1.54) is 11.1 Å². The predicted molar refractivity (Wildman–Crippen MR) is 82.8 cm³/mol. The lowest BCUT2D eigenvalue weighted by atomic mass is 10.1. The van der Waals surface area contributed by atoms with Crippen molar-refractivity contribution >= 4 is 5.91 Å². The van der Waals surface area contributed by atoms with E-state index in [-0.39, 0.29) is 12.0 Å². The normalized spacial score (nSPS) is 12.2. The number of ether oxygens (including phenoxy) is 1. The maximum Gasteiger partial charge on any atom is 0.220 e. The van der Waals surface area contributed by atoms with E-state index >= 15 is 0 Å². The summed E-state index contributed by atoms with van der Waals surface area (Å²) in [6, 6.07) is 8.34. The summed E-state index contributed by atoms with van der Waals surface area (Å²) in [4.78, 5) is 11.8. The number of benzene rings is 1. The summed E-state index contributed by atoms with van der Waals surface area (Å²) in [5, 5.41) is 2.97. The zero-order chi connectivity index (χ0) is 14.8.